The number of carboxylic acid groups (broad SMARTS) is 1. The van der Waals surface area contributed by atoms with Crippen molar-refractivity contribution < 1.29 is 9.90 Å². The lowest BCUT2D eigenvalue weighted by Crippen LogP contribution is -2.09. The Labute approximate surface area is 98.9 Å². The van der Waals surface area contributed by atoms with Crippen molar-refractivity contribution in [3.63, 3.8) is 0 Å². The van der Waals surface area contributed by atoms with Crippen LogP contribution in [0.2, 0.25) is 0 Å². The molecule has 1 N–H and O–H groups in total. The van der Waals surface area contributed by atoms with Crippen molar-refractivity contribution in [2.75, 3.05) is 19.0 Å². The van der Waals surface area contributed by atoms with Gasteiger partial charge >= 0.3 is 5.97 Å². The number of carboxylic acids is 1. The number of thiazole rings is 1. The van der Waals surface area contributed by atoms with E-state index in [0.717, 1.165) is 22.9 Å². The molecule has 0 unspecified atom stereocenters. The smallest absolute Gasteiger partial charge is 0.355 e. The number of aromatic carboxylic acids is 1. The van der Waals surface area contributed by atoms with Gasteiger partial charge in [-0.05, 0) is 18.8 Å². The van der Waals surface area contributed by atoms with Gasteiger partial charge in [0, 0.05) is 19.0 Å². The maximum atomic E-state index is 11.1. The third-order valence-corrected chi connectivity index (χ3v) is 4.34. The summed E-state index contributed by atoms with van der Waals surface area (Å²) in [5.41, 5.74) is 0.264. The highest BCUT2D eigenvalue weighted by atomic mass is 32.1. The van der Waals surface area contributed by atoms with Gasteiger partial charge in [-0.1, -0.05) is 12.8 Å². The Kier molecular flexibility index (Phi) is 3.14. The van der Waals surface area contributed by atoms with E-state index < -0.39 is 5.97 Å². The average Bonchev–Trinajstić information content (AvgIpc) is 2.86. The molecule has 2 rings (SSSR count). The van der Waals surface area contributed by atoms with Crippen molar-refractivity contribution >= 4 is 22.4 Å². The largest absolute Gasteiger partial charge is 0.476 e. The predicted octanol–water partition coefficient (Wildman–Crippen LogP) is 2.56. The van der Waals surface area contributed by atoms with Gasteiger partial charge in [0.05, 0.1) is 0 Å². The maximum absolute atomic E-state index is 11.1. The van der Waals surface area contributed by atoms with Crippen LogP contribution in [0.4, 0.5) is 5.13 Å². The zero-order valence-electron chi connectivity index (χ0n) is 9.56. The predicted molar refractivity (Wildman–Crippen MR) is 64.6 cm³/mol. The van der Waals surface area contributed by atoms with Crippen LogP contribution in [0, 0.1) is 0 Å². The second-order valence-electron chi connectivity index (χ2n) is 4.39. The minimum absolute atomic E-state index is 0.264. The number of nitrogens with zero attached hydrogens (tertiary/aromatic N) is 2. The van der Waals surface area contributed by atoms with Crippen LogP contribution in [0.3, 0.4) is 0 Å². The number of hydrogen-bond donors (Lipinski definition) is 1. The number of aromatic nitrogens is 1. The highest BCUT2D eigenvalue weighted by molar-refractivity contribution is 7.16. The first-order valence-corrected chi connectivity index (χ1v) is 6.32. The zero-order valence-corrected chi connectivity index (χ0v) is 10.4. The topological polar surface area (TPSA) is 53.4 Å². The number of hydrogen-bond acceptors (Lipinski definition) is 4. The summed E-state index contributed by atoms with van der Waals surface area (Å²) in [5.74, 6) is -0.483. The maximum Gasteiger partial charge on any atom is 0.355 e. The molecule has 0 atom stereocenters. The third-order valence-electron chi connectivity index (χ3n) is 2.95. The quantitative estimate of drug-likeness (QED) is 0.882. The van der Waals surface area contributed by atoms with Gasteiger partial charge in [-0.25, -0.2) is 9.78 Å². The molecule has 1 aliphatic rings. The fourth-order valence-electron chi connectivity index (χ4n) is 2.13. The highest BCUT2D eigenvalue weighted by Crippen LogP contribution is 2.40. The molecule has 1 aromatic rings. The molecule has 88 valence electrons. The van der Waals surface area contributed by atoms with E-state index in [1.54, 1.807) is 0 Å². The van der Waals surface area contributed by atoms with Gasteiger partial charge in [0.25, 0.3) is 0 Å². The lowest BCUT2D eigenvalue weighted by Gasteiger charge is -2.07. The van der Waals surface area contributed by atoms with Crippen molar-refractivity contribution in [1.29, 1.82) is 0 Å². The minimum atomic E-state index is -0.897. The van der Waals surface area contributed by atoms with E-state index in [4.69, 9.17) is 5.11 Å². The molecule has 0 amide bonds. The van der Waals surface area contributed by atoms with E-state index in [0.29, 0.717) is 5.92 Å². The molecule has 1 heterocycles. The van der Waals surface area contributed by atoms with E-state index in [1.807, 2.05) is 19.0 Å². The molecule has 4 nitrogen and oxygen atoms in total. The molecule has 0 bridgehead atoms. The van der Waals surface area contributed by atoms with Crippen molar-refractivity contribution in [1.82, 2.24) is 4.98 Å². The molecule has 5 heteroatoms. The Morgan fingerprint density at radius 1 is 1.44 bits per heavy atom. The SMILES string of the molecule is CN(C)c1nc(C(=O)O)c(C2CCCC2)s1. The molecule has 0 spiro atoms. The normalized spacial score (nSPS) is 16.6. The van der Waals surface area contributed by atoms with Gasteiger partial charge in [0.2, 0.25) is 0 Å². The Morgan fingerprint density at radius 3 is 2.56 bits per heavy atom. The van der Waals surface area contributed by atoms with Gasteiger partial charge in [-0.2, -0.15) is 0 Å². The number of rotatable bonds is 3. The van der Waals surface area contributed by atoms with Gasteiger partial charge in [-0.15, -0.1) is 11.3 Å². The van der Waals surface area contributed by atoms with Crippen molar-refractivity contribution in [2.45, 2.75) is 31.6 Å². The van der Waals surface area contributed by atoms with Crippen LogP contribution in [0.15, 0.2) is 0 Å². The molecule has 16 heavy (non-hydrogen) atoms. The lowest BCUT2D eigenvalue weighted by molar-refractivity contribution is 0.0689. The Bertz CT molecular complexity index is 395. The van der Waals surface area contributed by atoms with Crippen molar-refractivity contribution in [2.24, 2.45) is 0 Å². The molecule has 1 fully saturated rings. The van der Waals surface area contributed by atoms with Gasteiger partial charge in [-0.3, -0.25) is 0 Å². The summed E-state index contributed by atoms with van der Waals surface area (Å²) in [4.78, 5) is 18.2. The molecule has 1 aromatic heterocycles. The third kappa shape index (κ3) is 2.04. The van der Waals surface area contributed by atoms with Crippen molar-refractivity contribution in [3.8, 4) is 0 Å². The molecular weight excluding hydrogens is 224 g/mol. The van der Waals surface area contributed by atoms with Crippen LogP contribution < -0.4 is 4.90 Å². The molecule has 0 aliphatic heterocycles. The van der Waals surface area contributed by atoms with Crippen LogP contribution in [-0.4, -0.2) is 30.2 Å². The van der Waals surface area contributed by atoms with Crippen LogP contribution in [0.1, 0.15) is 47.0 Å². The summed E-state index contributed by atoms with van der Waals surface area (Å²) < 4.78 is 0. The van der Waals surface area contributed by atoms with Crippen LogP contribution >= 0.6 is 11.3 Å². The van der Waals surface area contributed by atoms with E-state index in [-0.39, 0.29) is 5.69 Å². The Hall–Kier alpha value is -1.10. The van der Waals surface area contributed by atoms with E-state index in [9.17, 15) is 4.79 Å². The number of anilines is 1. The summed E-state index contributed by atoms with van der Waals surface area (Å²) in [5, 5.41) is 9.94. The Balaban J connectivity index is 2.37. The molecule has 1 aliphatic carbocycles. The fraction of sp³-hybridized carbons (Fsp3) is 0.636. The first-order valence-electron chi connectivity index (χ1n) is 5.51. The lowest BCUT2D eigenvalue weighted by atomic mass is 10.1. The van der Waals surface area contributed by atoms with Crippen molar-refractivity contribution in [3.05, 3.63) is 10.6 Å². The summed E-state index contributed by atoms with van der Waals surface area (Å²) in [6.45, 7) is 0. The fourth-order valence-corrected chi connectivity index (χ4v) is 3.28. The van der Waals surface area contributed by atoms with Gasteiger partial charge in [0.15, 0.2) is 10.8 Å². The Morgan fingerprint density at radius 2 is 2.06 bits per heavy atom. The van der Waals surface area contributed by atoms with Crippen LogP contribution in [0.5, 0.6) is 0 Å². The standard InChI is InChI=1S/C11H16N2O2S/c1-13(2)11-12-8(10(14)15)9(16-11)7-5-3-4-6-7/h7H,3-6H2,1-2H3,(H,14,15). The van der Waals surface area contributed by atoms with Gasteiger partial charge in [0.1, 0.15) is 0 Å². The first-order chi connectivity index (χ1) is 7.59. The average molecular weight is 240 g/mol. The molecule has 0 aromatic carbocycles. The van der Waals surface area contributed by atoms with Gasteiger partial charge < -0.3 is 10.0 Å². The number of carbonyl (C=O) groups is 1. The first kappa shape index (κ1) is 11.4. The summed E-state index contributed by atoms with van der Waals surface area (Å²) in [7, 11) is 3.78. The van der Waals surface area contributed by atoms with E-state index >= 15 is 0 Å². The summed E-state index contributed by atoms with van der Waals surface area (Å²) >= 11 is 1.53. The zero-order chi connectivity index (χ0) is 11.7. The second kappa shape index (κ2) is 4.41. The minimum Gasteiger partial charge on any atom is -0.476 e. The molecule has 1 saturated carbocycles. The highest BCUT2D eigenvalue weighted by Gasteiger charge is 2.27. The van der Waals surface area contributed by atoms with Crippen LogP contribution in [-0.2, 0) is 0 Å². The summed E-state index contributed by atoms with van der Waals surface area (Å²) in [6.07, 6.45) is 4.63. The van der Waals surface area contributed by atoms with E-state index in [2.05, 4.69) is 4.98 Å². The monoisotopic (exact) mass is 240 g/mol. The molecule has 0 radical (unpaired) electrons. The molecular formula is C11H16N2O2S. The van der Waals surface area contributed by atoms with E-state index in [1.165, 1.54) is 24.2 Å². The summed E-state index contributed by atoms with van der Waals surface area (Å²) in [6, 6.07) is 0. The molecule has 0 saturated heterocycles. The second-order valence-corrected chi connectivity index (χ2v) is 5.40. The van der Waals surface area contributed by atoms with Crippen LogP contribution in [0.25, 0.3) is 0 Å².